The number of carbonyl (C=O) groups is 1. The Morgan fingerprint density at radius 1 is 1.15 bits per heavy atom. The smallest absolute Gasteiger partial charge is 0.337 e. The van der Waals surface area contributed by atoms with Gasteiger partial charge in [-0.1, -0.05) is 15.9 Å². The van der Waals surface area contributed by atoms with Crippen molar-refractivity contribution in [3.8, 4) is 0 Å². The summed E-state index contributed by atoms with van der Waals surface area (Å²) in [4.78, 5) is 11.5. The highest BCUT2D eigenvalue weighted by Crippen LogP contribution is 2.31. The second kappa shape index (κ2) is 6.28. The zero-order valence-corrected chi connectivity index (χ0v) is 13.8. The lowest BCUT2D eigenvalue weighted by Crippen LogP contribution is -2.04. The lowest BCUT2D eigenvalue weighted by Gasteiger charge is -2.12. The summed E-state index contributed by atoms with van der Waals surface area (Å²) in [5, 5.41) is 3.19. The lowest BCUT2D eigenvalue weighted by molar-refractivity contribution is 0.0601. The Morgan fingerprint density at radius 2 is 1.90 bits per heavy atom. The van der Waals surface area contributed by atoms with E-state index in [2.05, 4.69) is 37.2 Å². The van der Waals surface area contributed by atoms with Crippen molar-refractivity contribution in [2.24, 2.45) is 0 Å². The molecule has 2 rings (SSSR count). The van der Waals surface area contributed by atoms with Crippen molar-refractivity contribution in [3.05, 3.63) is 50.9 Å². The van der Waals surface area contributed by atoms with Gasteiger partial charge in [-0.2, -0.15) is 0 Å². The summed E-state index contributed by atoms with van der Waals surface area (Å²) in [5.74, 6) is -0.400. The van der Waals surface area contributed by atoms with Crippen molar-refractivity contribution in [2.75, 3.05) is 18.2 Å². The van der Waals surface area contributed by atoms with Gasteiger partial charge in [0, 0.05) is 8.95 Å². The second-order valence-electron chi connectivity index (χ2n) is 4.04. The van der Waals surface area contributed by atoms with E-state index in [1.807, 2.05) is 18.2 Å². The summed E-state index contributed by atoms with van der Waals surface area (Å²) in [6.45, 7) is 0. The molecular formula is C14H12Br2N2O2. The number of esters is 1. The minimum Gasteiger partial charge on any atom is -0.465 e. The fourth-order valence-electron chi connectivity index (χ4n) is 1.65. The van der Waals surface area contributed by atoms with Crippen LogP contribution in [-0.4, -0.2) is 13.1 Å². The SMILES string of the molecule is COC(=O)c1ccc(N)c(Nc2ccc(Br)cc2Br)c1. The Labute approximate surface area is 133 Å². The van der Waals surface area contributed by atoms with Gasteiger partial charge in [-0.05, 0) is 52.3 Å². The van der Waals surface area contributed by atoms with Gasteiger partial charge in [0.25, 0.3) is 0 Å². The normalized spacial score (nSPS) is 10.2. The molecule has 0 saturated heterocycles. The van der Waals surface area contributed by atoms with Crippen LogP contribution < -0.4 is 11.1 Å². The Kier molecular flexibility index (Phi) is 4.67. The van der Waals surface area contributed by atoms with Gasteiger partial charge in [0.1, 0.15) is 0 Å². The number of carbonyl (C=O) groups excluding carboxylic acids is 1. The number of hydrogen-bond donors (Lipinski definition) is 2. The standard InChI is InChI=1S/C14H12Br2N2O2/c1-20-14(19)8-2-4-11(17)13(6-8)18-12-5-3-9(15)7-10(12)16/h2-7,18H,17H2,1H3. The molecule has 0 spiro atoms. The third-order valence-corrected chi connectivity index (χ3v) is 3.82. The zero-order chi connectivity index (χ0) is 14.7. The van der Waals surface area contributed by atoms with Crippen LogP contribution in [0.2, 0.25) is 0 Å². The second-order valence-corrected chi connectivity index (χ2v) is 5.81. The summed E-state index contributed by atoms with van der Waals surface area (Å²) in [6, 6.07) is 10.7. The number of nitrogen functional groups attached to an aromatic ring is 1. The summed E-state index contributed by atoms with van der Waals surface area (Å²) in [5.41, 5.74) is 8.41. The van der Waals surface area contributed by atoms with Crippen molar-refractivity contribution >= 4 is 54.9 Å². The highest BCUT2D eigenvalue weighted by atomic mass is 79.9. The van der Waals surface area contributed by atoms with Crippen LogP contribution in [0.15, 0.2) is 45.3 Å². The first-order valence-electron chi connectivity index (χ1n) is 5.71. The molecule has 0 heterocycles. The van der Waals surface area contributed by atoms with Gasteiger partial charge in [-0.25, -0.2) is 4.79 Å². The molecule has 0 aromatic heterocycles. The number of halogens is 2. The molecule has 0 aliphatic heterocycles. The molecule has 3 N–H and O–H groups in total. The maximum atomic E-state index is 11.5. The van der Waals surface area contributed by atoms with Gasteiger partial charge >= 0.3 is 5.97 Å². The quantitative estimate of drug-likeness (QED) is 0.595. The highest BCUT2D eigenvalue weighted by molar-refractivity contribution is 9.11. The van der Waals surface area contributed by atoms with Crippen molar-refractivity contribution in [1.29, 1.82) is 0 Å². The van der Waals surface area contributed by atoms with Crippen LogP contribution in [0, 0.1) is 0 Å². The van der Waals surface area contributed by atoms with Crippen molar-refractivity contribution < 1.29 is 9.53 Å². The molecule has 2 aromatic rings. The minimum atomic E-state index is -0.400. The maximum Gasteiger partial charge on any atom is 0.337 e. The summed E-state index contributed by atoms with van der Waals surface area (Å²) in [6.07, 6.45) is 0. The number of anilines is 3. The lowest BCUT2D eigenvalue weighted by atomic mass is 10.1. The molecule has 0 unspecified atom stereocenters. The van der Waals surface area contributed by atoms with Gasteiger partial charge in [-0.3, -0.25) is 0 Å². The molecule has 0 atom stereocenters. The van der Waals surface area contributed by atoms with E-state index in [9.17, 15) is 4.79 Å². The fraction of sp³-hybridized carbons (Fsp3) is 0.0714. The molecule has 0 fully saturated rings. The molecule has 0 aliphatic rings. The van der Waals surface area contributed by atoms with E-state index < -0.39 is 5.97 Å². The number of methoxy groups -OCH3 is 1. The van der Waals surface area contributed by atoms with E-state index in [0.29, 0.717) is 16.9 Å². The number of hydrogen-bond acceptors (Lipinski definition) is 4. The first-order valence-corrected chi connectivity index (χ1v) is 7.30. The molecule has 0 radical (unpaired) electrons. The van der Waals surface area contributed by atoms with E-state index in [-0.39, 0.29) is 0 Å². The van der Waals surface area contributed by atoms with Crippen LogP contribution in [-0.2, 0) is 4.74 Å². The largest absolute Gasteiger partial charge is 0.465 e. The molecule has 6 heteroatoms. The number of nitrogens with one attached hydrogen (secondary N) is 1. The highest BCUT2D eigenvalue weighted by Gasteiger charge is 2.09. The van der Waals surface area contributed by atoms with E-state index in [1.165, 1.54) is 7.11 Å². The summed E-state index contributed by atoms with van der Waals surface area (Å²) in [7, 11) is 1.34. The minimum absolute atomic E-state index is 0.400. The Balaban J connectivity index is 2.35. The Hall–Kier alpha value is -1.53. The molecule has 0 saturated carbocycles. The van der Waals surface area contributed by atoms with Crippen LogP contribution in [0.25, 0.3) is 0 Å². The Morgan fingerprint density at radius 3 is 2.55 bits per heavy atom. The molecule has 104 valence electrons. The molecule has 0 aliphatic carbocycles. The number of benzene rings is 2. The molecule has 0 amide bonds. The van der Waals surface area contributed by atoms with Crippen molar-refractivity contribution in [3.63, 3.8) is 0 Å². The monoisotopic (exact) mass is 398 g/mol. The number of ether oxygens (including phenoxy) is 1. The predicted molar refractivity (Wildman–Crippen MR) is 87.3 cm³/mol. The van der Waals surface area contributed by atoms with Crippen LogP contribution in [0.4, 0.5) is 17.1 Å². The van der Waals surface area contributed by atoms with E-state index in [0.717, 1.165) is 14.6 Å². The first-order chi connectivity index (χ1) is 9.51. The van der Waals surface area contributed by atoms with Crippen LogP contribution in [0.1, 0.15) is 10.4 Å². The first kappa shape index (κ1) is 14.9. The fourth-order valence-corrected chi connectivity index (χ4v) is 2.79. The third kappa shape index (κ3) is 3.32. The topological polar surface area (TPSA) is 64.3 Å². The predicted octanol–water partition coefficient (Wildman–Crippen LogP) is 4.32. The summed E-state index contributed by atoms with van der Waals surface area (Å²) < 4.78 is 6.55. The van der Waals surface area contributed by atoms with E-state index in [4.69, 9.17) is 10.5 Å². The molecule has 4 nitrogen and oxygen atoms in total. The maximum absolute atomic E-state index is 11.5. The number of rotatable bonds is 3. The van der Waals surface area contributed by atoms with Gasteiger partial charge < -0.3 is 15.8 Å². The molecular weight excluding hydrogens is 388 g/mol. The third-order valence-electron chi connectivity index (χ3n) is 2.67. The average Bonchev–Trinajstić information content (AvgIpc) is 2.43. The van der Waals surface area contributed by atoms with Crippen molar-refractivity contribution in [1.82, 2.24) is 0 Å². The van der Waals surface area contributed by atoms with Crippen molar-refractivity contribution in [2.45, 2.75) is 0 Å². The number of nitrogens with two attached hydrogens (primary N) is 1. The molecule has 0 bridgehead atoms. The summed E-state index contributed by atoms with van der Waals surface area (Å²) >= 11 is 6.86. The Bertz CT molecular complexity index is 660. The van der Waals surface area contributed by atoms with Gasteiger partial charge in [0.05, 0.1) is 29.7 Å². The van der Waals surface area contributed by atoms with Crippen LogP contribution in [0.3, 0.4) is 0 Å². The molecule has 20 heavy (non-hydrogen) atoms. The van der Waals surface area contributed by atoms with Gasteiger partial charge in [0.2, 0.25) is 0 Å². The van der Waals surface area contributed by atoms with Gasteiger partial charge in [-0.15, -0.1) is 0 Å². The molecule has 2 aromatic carbocycles. The average molecular weight is 400 g/mol. The van der Waals surface area contributed by atoms with Crippen LogP contribution in [0.5, 0.6) is 0 Å². The van der Waals surface area contributed by atoms with Crippen LogP contribution >= 0.6 is 31.9 Å². The van der Waals surface area contributed by atoms with Gasteiger partial charge in [0.15, 0.2) is 0 Å². The van der Waals surface area contributed by atoms with E-state index >= 15 is 0 Å². The zero-order valence-electron chi connectivity index (χ0n) is 10.6. The van der Waals surface area contributed by atoms with E-state index in [1.54, 1.807) is 18.2 Å².